The maximum Gasteiger partial charge on any atom is 0.244 e. The number of sulfonamides is 1. The molecular weight excluding hydrogens is 426 g/mol. The van der Waals surface area contributed by atoms with E-state index in [-0.39, 0.29) is 10.9 Å². The van der Waals surface area contributed by atoms with Crippen molar-refractivity contribution in [1.82, 2.24) is 14.3 Å². The molecule has 3 aromatic rings. The smallest absolute Gasteiger partial charge is 0.244 e. The highest BCUT2D eigenvalue weighted by Crippen LogP contribution is 2.29. The Kier molecular flexibility index (Phi) is 6.38. The third-order valence-electron chi connectivity index (χ3n) is 5.13. The summed E-state index contributed by atoms with van der Waals surface area (Å²) in [5.41, 5.74) is 0.946. The molecule has 0 amide bonds. The number of aromatic nitrogens is 2. The average Bonchev–Trinajstić information content (AvgIpc) is 3.44. The summed E-state index contributed by atoms with van der Waals surface area (Å²) in [7, 11) is -1.82. The first-order chi connectivity index (χ1) is 14.0. The van der Waals surface area contributed by atoms with Crippen LogP contribution in [0.15, 0.2) is 56.4 Å². The van der Waals surface area contributed by atoms with Crippen LogP contribution in [-0.2, 0) is 15.8 Å². The van der Waals surface area contributed by atoms with E-state index in [9.17, 15) is 8.42 Å². The molecule has 0 N–H and O–H groups in total. The van der Waals surface area contributed by atoms with Crippen molar-refractivity contribution in [2.45, 2.75) is 53.8 Å². The summed E-state index contributed by atoms with van der Waals surface area (Å²) in [5, 5.41) is 3.63. The van der Waals surface area contributed by atoms with Gasteiger partial charge in [-0.15, -0.1) is 23.1 Å². The lowest BCUT2D eigenvalue weighted by molar-refractivity contribution is 0.285. The lowest BCUT2D eigenvalue weighted by Crippen LogP contribution is -2.38. The van der Waals surface area contributed by atoms with Crippen molar-refractivity contribution in [3.8, 4) is 10.8 Å². The van der Waals surface area contributed by atoms with Crippen LogP contribution in [-0.4, -0.2) is 35.8 Å². The first-order valence-electron chi connectivity index (χ1n) is 9.59. The number of thiazole rings is 1. The predicted octanol–water partition coefficient (Wildman–Crippen LogP) is 5.04. The Balaban J connectivity index is 1.38. The number of furan rings is 1. The fourth-order valence-electron chi connectivity index (χ4n) is 3.45. The van der Waals surface area contributed by atoms with Gasteiger partial charge in [-0.1, -0.05) is 19.3 Å². The SMILES string of the molecule is CN(C1CCCCC1)S(=O)(=O)c1ccc(SCc2csc(-c3ccco3)n2)nc1. The van der Waals surface area contributed by atoms with Crippen molar-refractivity contribution >= 4 is 33.1 Å². The van der Waals surface area contributed by atoms with E-state index in [1.807, 2.05) is 17.5 Å². The molecule has 3 heterocycles. The molecule has 0 radical (unpaired) electrons. The second-order valence-corrected chi connectivity index (χ2v) is 10.9. The maximum absolute atomic E-state index is 12.9. The first kappa shape index (κ1) is 20.6. The van der Waals surface area contributed by atoms with Crippen molar-refractivity contribution < 1.29 is 12.8 Å². The standard InChI is InChI=1S/C20H23N3O3S3/c1-23(16-6-3-2-4-7-16)29(24,25)17-9-10-19(21-12-17)27-13-15-14-28-20(22-15)18-8-5-11-26-18/h5,8-12,14,16H,2-4,6-7,13H2,1H3. The molecule has 6 nitrogen and oxygen atoms in total. The molecule has 0 aliphatic heterocycles. The minimum absolute atomic E-state index is 0.0934. The highest BCUT2D eigenvalue weighted by molar-refractivity contribution is 7.98. The fraction of sp³-hybridized carbons (Fsp3) is 0.400. The summed E-state index contributed by atoms with van der Waals surface area (Å²) in [6.07, 6.45) is 8.35. The van der Waals surface area contributed by atoms with Gasteiger partial charge in [-0.25, -0.2) is 18.4 Å². The lowest BCUT2D eigenvalue weighted by Gasteiger charge is -2.30. The monoisotopic (exact) mass is 449 g/mol. The van der Waals surface area contributed by atoms with Gasteiger partial charge in [-0.05, 0) is 37.1 Å². The van der Waals surface area contributed by atoms with E-state index in [1.165, 1.54) is 28.7 Å². The fourth-order valence-corrected chi connectivity index (χ4v) is 6.43. The van der Waals surface area contributed by atoms with E-state index < -0.39 is 10.0 Å². The van der Waals surface area contributed by atoms with Gasteiger partial charge in [0.1, 0.15) is 4.90 Å². The Hall–Kier alpha value is -1.68. The number of pyridine rings is 1. The molecule has 1 saturated carbocycles. The molecule has 0 saturated heterocycles. The number of hydrogen-bond donors (Lipinski definition) is 0. The van der Waals surface area contributed by atoms with Crippen LogP contribution < -0.4 is 0 Å². The van der Waals surface area contributed by atoms with Crippen LogP contribution >= 0.6 is 23.1 Å². The Morgan fingerprint density at radius 3 is 2.76 bits per heavy atom. The van der Waals surface area contributed by atoms with Crippen LogP contribution in [0, 0.1) is 0 Å². The van der Waals surface area contributed by atoms with Crippen molar-refractivity contribution in [2.24, 2.45) is 0 Å². The van der Waals surface area contributed by atoms with Gasteiger partial charge in [0, 0.05) is 30.4 Å². The molecule has 1 aliphatic rings. The molecule has 0 bridgehead atoms. The summed E-state index contributed by atoms with van der Waals surface area (Å²) >= 11 is 3.08. The van der Waals surface area contributed by atoms with Gasteiger partial charge in [0.2, 0.25) is 10.0 Å². The second-order valence-electron chi connectivity index (χ2n) is 7.06. The average molecular weight is 450 g/mol. The molecule has 4 rings (SSSR count). The minimum atomic E-state index is -3.50. The molecule has 1 aliphatic carbocycles. The Bertz CT molecular complexity index is 1020. The molecule has 9 heteroatoms. The third kappa shape index (κ3) is 4.74. The molecule has 0 spiro atoms. The Labute approximate surface area is 179 Å². The number of rotatable bonds is 7. The van der Waals surface area contributed by atoms with E-state index >= 15 is 0 Å². The summed E-state index contributed by atoms with van der Waals surface area (Å²) in [4.78, 5) is 9.19. The van der Waals surface area contributed by atoms with Crippen molar-refractivity contribution in [3.05, 3.63) is 47.8 Å². The normalized spacial score (nSPS) is 15.8. The van der Waals surface area contributed by atoms with Gasteiger partial charge in [0.05, 0.1) is 17.0 Å². The van der Waals surface area contributed by atoms with Gasteiger partial charge in [0.15, 0.2) is 10.8 Å². The Morgan fingerprint density at radius 1 is 1.24 bits per heavy atom. The molecule has 29 heavy (non-hydrogen) atoms. The second kappa shape index (κ2) is 8.99. The quantitative estimate of drug-likeness (QED) is 0.470. The highest BCUT2D eigenvalue weighted by atomic mass is 32.2. The molecule has 0 unspecified atom stereocenters. The molecule has 154 valence electrons. The van der Waals surface area contributed by atoms with Crippen LogP contribution in [0.1, 0.15) is 37.8 Å². The minimum Gasteiger partial charge on any atom is -0.462 e. The summed E-state index contributed by atoms with van der Waals surface area (Å²) < 4.78 is 32.7. The topological polar surface area (TPSA) is 76.3 Å². The van der Waals surface area contributed by atoms with E-state index in [0.717, 1.165) is 47.2 Å². The van der Waals surface area contributed by atoms with E-state index in [1.54, 1.807) is 36.8 Å². The maximum atomic E-state index is 12.9. The van der Waals surface area contributed by atoms with Gasteiger partial charge in [-0.2, -0.15) is 4.31 Å². The molecule has 0 aromatic carbocycles. The lowest BCUT2D eigenvalue weighted by atomic mass is 9.96. The van der Waals surface area contributed by atoms with Crippen LogP contribution in [0.4, 0.5) is 0 Å². The zero-order valence-electron chi connectivity index (χ0n) is 16.2. The number of thioether (sulfide) groups is 1. The van der Waals surface area contributed by atoms with E-state index in [2.05, 4.69) is 9.97 Å². The molecule has 1 fully saturated rings. The van der Waals surface area contributed by atoms with Crippen LogP contribution in [0.3, 0.4) is 0 Å². The molecule has 0 atom stereocenters. The summed E-state index contributed by atoms with van der Waals surface area (Å²) in [5.74, 6) is 1.43. The zero-order valence-corrected chi connectivity index (χ0v) is 18.6. The highest BCUT2D eigenvalue weighted by Gasteiger charge is 2.29. The van der Waals surface area contributed by atoms with Crippen molar-refractivity contribution in [3.63, 3.8) is 0 Å². The Morgan fingerprint density at radius 2 is 2.07 bits per heavy atom. The summed E-state index contributed by atoms with van der Waals surface area (Å²) in [6.45, 7) is 0. The first-order valence-corrected chi connectivity index (χ1v) is 12.9. The molecule has 3 aromatic heterocycles. The number of nitrogens with zero attached hydrogens (tertiary/aromatic N) is 3. The number of hydrogen-bond acceptors (Lipinski definition) is 7. The van der Waals surface area contributed by atoms with Gasteiger partial charge in [0.25, 0.3) is 0 Å². The van der Waals surface area contributed by atoms with Crippen LogP contribution in [0.2, 0.25) is 0 Å². The van der Waals surface area contributed by atoms with E-state index in [4.69, 9.17) is 4.42 Å². The van der Waals surface area contributed by atoms with Crippen LogP contribution in [0.25, 0.3) is 10.8 Å². The van der Waals surface area contributed by atoms with Gasteiger partial charge in [-0.3, -0.25) is 0 Å². The van der Waals surface area contributed by atoms with Gasteiger partial charge < -0.3 is 4.42 Å². The van der Waals surface area contributed by atoms with Crippen LogP contribution in [0.5, 0.6) is 0 Å². The third-order valence-corrected chi connectivity index (χ3v) is 8.90. The van der Waals surface area contributed by atoms with E-state index in [0.29, 0.717) is 5.75 Å². The zero-order chi connectivity index (χ0) is 20.3. The van der Waals surface area contributed by atoms with Crippen molar-refractivity contribution in [2.75, 3.05) is 7.05 Å². The van der Waals surface area contributed by atoms with Gasteiger partial charge >= 0.3 is 0 Å². The summed E-state index contributed by atoms with van der Waals surface area (Å²) in [6, 6.07) is 7.25. The predicted molar refractivity (Wildman–Crippen MR) is 115 cm³/mol. The largest absolute Gasteiger partial charge is 0.462 e. The van der Waals surface area contributed by atoms with Crippen molar-refractivity contribution in [1.29, 1.82) is 0 Å². The molecular formula is C20H23N3O3S3.